The zero-order valence-electron chi connectivity index (χ0n) is 15.1. The summed E-state index contributed by atoms with van der Waals surface area (Å²) in [6, 6.07) is 4.29. The van der Waals surface area contributed by atoms with Crippen LogP contribution in [0.25, 0.3) is 0 Å². The van der Waals surface area contributed by atoms with Crippen molar-refractivity contribution in [2.75, 3.05) is 26.2 Å². The third-order valence-corrected chi connectivity index (χ3v) is 8.26. The van der Waals surface area contributed by atoms with Gasteiger partial charge in [0.2, 0.25) is 0 Å². The zero-order valence-corrected chi connectivity index (χ0v) is 15.9. The van der Waals surface area contributed by atoms with Crippen molar-refractivity contribution in [3.05, 3.63) is 29.3 Å². The quantitative estimate of drug-likeness (QED) is 0.818. The highest BCUT2D eigenvalue weighted by Crippen LogP contribution is 2.40. The number of nitrogens with zero attached hydrogens (tertiary/aromatic N) is 2. The van der Waals surface area contributed by atoms with Crippen LogP contribution in [0.3, 0.4) is 0 Å². The fourth-order valence-electron chi connectivity index (χ4n) is 4.65. The molecule has 0 radical (unpaired) electrons. The standard InChI is InChI=1S/C19H23N3O4S/c23-18(21-7-5-13-10-20-11-14(13)6-8-21)12-1-4-16-17(9-12)27(25,26)22(19(16)24)15-2-3-15/h1,4,9,13-15,20H,2-3,5-8,10-11H2/t13-,14+. The molecule has 2 atom stereocenters. The van der Waals surface area contributed by atoms with Gasteiger partial charge in [-0.2, -0.15) is 0 Å². The van der Waals surface area contributed by atoms with Crippen LogP contribution in [-0.2, 0) is 10.0 Å². The Bertz CT molecular complexity index is 911. The van der Waals surface area contributed by atoms with E-state index in [1.165, 1.54) is 12.1 Å². The first-order valence-electron chi connectivity index (χ1n) is 9.69. The number of fused-ring (bicyclic) bond motifs is 2. The van der Waals surface area contributed by atoms with Gasteiger partial charge in [0, 0.05) is 24.7 Å². The molecule has 1 N–H and O–H groups in total. The number of sulfonamides is 1. The first kappa shape index (κ1) is 17.2. The van der Waals surface area contributed by atoms with Gasteiger partial charge < -0.3 is 10.2 Å². The van der Waals surface area contributed by atoms with Crippen LogP contribution < -0.4 is 5.32 Å². The molecule has 5 rings (SSSR count). The first-order valence-corrected chi connectivity index (χ1v) is 11.1. The number of amides is 2. The molecule has 1 aromatic carbocycles. The Morgan fingerprint density at radius 3 is 2.33 bits per heavy atom. The molecule has 3 aliphatic heterocycles. The van der Waals surface area contributed by atoms with Gasteiger partial charge >= 0.3 is 0 Å². The maximum absolute atomic E-state index is 13.0. The molecule has 1 aromatic rings. The van der Waals surface area contributed by atoms with Gasteiger partial charge in [-0.05, 0) is 68.8 Å². The van der Waals surface area contributed by atoms with Crippen LogP contribution in [0.2, 0.25) is 0 Å². The van der Waals surface area contributed by atoms with Crippen molar-refractivity contribution in [2.24, 2.45) is 11.8 Å². The van der Waals surface area contributed by atoms with E-state index in [9.17, 15) is 18.0 Å². The van der Waals surface area contributed by atoms with Crippen molar-refractivity contribution in [1.29, 1.82) is 0 Å². The van der Waals surface area contributed by atoms with Crippen molar-refractivity contribution < 1.29 is 18.0 Å². The van der Waals surface area contributed by atoms with Crippen molar-refractivity contribution in [1.82, 2.24) is 14.5 Å². The normalized spacial score (nSPS) is 29.4. The molecule has 144 valence electrons. The summed E-state index contributed by atoms with van der Waals surface area (Å²) >= 11 is 0. The van der Waals surface area contributed by atoms with Crippen LogP contribution in [0.1, 0.15) is 46.4 Å². The number of carbonyl (C=O) groups is 2. The summed E-state index contributed by atoms with van der Waals surface area (Å²) in [6.45, 7) is 3.42. The second-order valence-electron chi connectivity index (χ2n) is 8.10. The van der Waals surface area contributed by atoms with Gasteiger partial charge in [-0.25, -0.2) is 12.7 Å². The lowest BCUT2D eigenvalue weighted by Gasteiger charge is -2.21. The van der Waals surface area contributed by atoms with Crippen LogP contribution in [0.5, 0.6) is 0 Å². The zero-order chi connectivity index (χ0) is 18.8. The van der Waals surface area contributed by atoms with Crippen LogP contribution >= 0.6 is 0 Å². The fourth-order valence-corrected chi connectivity index (χ4v) is 6.50. The largest absolute Gasteiger partial charge is 0.339 e. The second-order valence-corrected chi connectivity index (χ2v) is 9.88. The van der Waals surface area contributed by atoms with Crippen molar-refractivity contribution in [3.63, 3.8) is 0 Å². The van der Waals surface area contributed by atoms with E-state index in [-0.39, 0.29) is 22.4 Å². The summed E-state index contributed by atoms with van der Waals surface area (Å²) in [5, 5.41) is 3.42. The average molecular weight is 389 g/mol. The number of hydrogen-bond acceptors (Lipinski definition) is 5. The highest BCUT2D eigenvalue weighted by molar-refractivity contribution is 7.90. The molecule has 1 saturated carbocycles. The Balaban J connectivity index is 1.41. The SMILES string of the molecule is O=C(c1ccc2c(c1)S(=O)(=O)N(C1CC1)C2=O)N1CC[C@@H]2CNC[C@@H]2CC1. The minimum atomic E-state index is -3.83. The first-order chi connectivity index (χ1) is 13.0. The maximum atomic E-state index is 13.0. The second kappa shape index (κ2) is 6.04. The Kier molecular flexibility index (Phi) is 3.84. The molecule has 7 nitrogen and oxygen atoms in total. The highest BCUT2D eigenvalue weighted by Gasteiger charge is 2.49. The minimum absolute atomic E-state index is 0.0128. The lowest BCUT2D eigenvalue weighted by molar-refractivity contribution is 0.0757. The molecular formula is C19H23N3O4S. The molecule has 0 unspecified atom stereocenters. The summed E-state index contributed by atoms with van der Waals surface area (Å²) < 4.78 is 26.6. The van der Waals surface area contributed by atoms with Gasteiger partial charge in [0.05, 0.1) is 5.56 Å². The molecule has 1 aliphatic carbocycles. The lowest BCUT2D eigenvalue weighted by atomic mass is 9.92. The lowest BCUT2D eigenvalue weighted by Crippen LogP contribution is -2.33. The molecule has 8 heteroatoms. The van der Waals surface area contributed by atoms with Gasteiger partial charge in [0.15, 0.2) is 0 Å². The summed E-state index contributed by atoms with van der Waals surface area (Å²) in [5.41, 5.74) is 0.544. The van der Waals surface area contributed by atoms with Crippen LogP contribution in [-0.4, -0.2) is 61.7 Å². The van der Waals surface area contributed by atoms with E-state index >= 15 is 0 Å². The Labute approximate surface area is 158 Å². The number of benzene rings is 1. The predicted octanol–water partition coefficient (Wildman–Crippen LogP) is 1.07. The van der Waals surface area contributed by atoms with E-state index in [1.54, 1.807) is 6.07 Å². The Morgan fingerprint density at radius 2 is 1.70 bits per heavy atom. The molecule has 3 fully saturated rings. The van der Waals surface area contributed by atoms with Gasteiger partial charge in [0.25, 0.3) is 21.8 Å². The van der Waals surface area contributed by atoms with Crippen LogP contribution in [0.4, 0.5) is 0 Å². The average Bonchev–Trinajstić information content (AvgIpc) is 3.38. The van der Waals surface area contributed by atoms with E-state index in [1.807, 2.05) is 4.90 Å². The summed E-state index contributed by atoms with van der Waals surface area (Å²) in [7, 11) is -3.83. The van der Waals surface area contributed by atoms with E-state index in [0.29, 0.717) is 30.5 Å². The number of hydrogen-bond donors (Lipinski definition) is 1. The highest BCUT2D eigenvalue weighted by atomic mass is 32.2. The third kappa shape index (κ3) is 2.69. The number of likely N-dealkylation sites (tertiary alicyclic amines) is 1. The fraction of sp³-hybridized carbons (Fsp3) is 0.579. The van der Waals surface area contributed by atoms with E-state index in [0.717, 1.165) is 43.1 Å². The molecule has 3 heterocycles. The van der Waals surface area contributed by atoms with Gasteiger partial charge in [0.1, 0.15) is 4.90 Å². The summed E-state index contributed by atoms with van der Waals surface area (Å²) in [4.78, 5) is 27.3. The number of nitrogens with one attached hydrogen (secondary N) is 1. The van der Waals surface area contributed by atoms with Gasteiger partial charge in [-0.15, -0.1) is 0 Å². The molecule has 0 spiro atoms. The van der Waals surface area contributed by atoms with Gasteiger partial charge in [-0.1, -0.05) is 0 Å². The van der Waals surface area contributed by atoms with Crippen molar-refractivity contribution in [2.45, 2.75) is 36.6 Å². The topological polar surface area (TPSA) is 86.8 Å². The number of carbonyl (C=O) groups excluding carboxylic acids is 2. The molecule has 27 heavy (non-hydrogen) atoms. The molecule has 2 saturated heterocycles. The molecular weight excluding hydrogens is 366 g/mol. The molecule has 0 bridgehead atoms. The van der Waals surface area contributed by atoms with Crippen LogP contribution in [0, 0.1) is 11.8 Å². The third-order valence-electron chi connectivity index (χ3n) is 6.38. The Morgan fingerprint density at radius 1 is 1.04 bits per heavy atom. The summed E-state index contributed by atoms with van der Waals surface area (Å²) in [5.74, 6) is 0.640. The predicted molar refractivity (Wildman–Crippen MR) is 97.8 cm³/mol. The van der Waals surface area contributed by atoms with Gasteiger partial charge in [-0.3, -0.25) is 9.59 Å². The minimum Gasteiger partial charge on any atom is -0.339 e. The van der Waals surface area contributed by atoms with Crippen molar-refractivity contribution >= 4 is 21.8 Å². The van der Waals surface area contributed by atoms with E-state index in [2.05, 4.69) is 5.32 Å². The molecule has 4 aliphatic rings. The van der Waals surface area contributed by atoms with Crippen LogP contribution in [0.15, 0.2) is 23.1 Å². The smallest absolute Gasteiger partial charge is 0.269 e. The van der Waals surface area contributed by atoms with Crippen molar-refractivity contribution in [3.8, 4) is 0 Å². The van der Waals surface area contributed by atoms with E-state index < -0.39 is 15.9 Å². The maximum Gasteiger partial charge on any atom is 0.269 e. The number of rotatable bonds is 2. The monoisotopic (exact) mass is 389 g/mol. The molecule has 2 amide bonds. The summed E-state index contributed by atoms with van der Waals surface area (Å²) in [6.07, 6.45) is 3.38. The van der Waals surface area contributed by atoms with E-state index in [4.69, 9.17) is 0 Å². The Hall–Kier alpha value is -1.93. The molecule has 0 aromatic heterocycles.